The van der Waals surface area contributed by atoms with Gasteiger partial charge in [0.05, 0.1) is 0 Å². The minimum Gasteiger partial charge on any atom is -0.450 e. The third kappa shape index (κ3) is 7330. The van der Waals surface area contributed by atoms with Crippen molar-refractivity contribution in [1.82, 2.24) is 0 Å². The maximum Gasteiger partial charge on any atom is 0.503 e. The van der Waals surface area contributed by atoms with Crippen LogP contribution in [0.5, 0.6) is 0 Å². The molecule has 0 aliphatic carbocycles. The van der Waals surface area contributed by atoms with Gasteiger partial charge in [-0.05, 0) is 25.7 Å². The van der Waals surface area contributed by atoms with Gasteiger partial charge in [0, 0.05) is 0 Å². The van der Waals surface area contributed by atoms with Crippen LogP contribution in [-0.4, -0.2) is 32.7 Å². The Kier molecular flexibility index (Phi) is 47.0. The van der Waals surface area contributed by atoms with Crippen LogP contribution in [0.4, 0.5) is 9.59 Å². The first kappa shape index (κ1) is 31.0. The summed E-state index contributed by atoms with van der Waals surface area (Å²) in [4.78, 5) is 17.1. The summed E-state index contributed by atoms with van der Waals surface area (Å²) in [7, 11) is 0. The van der Waals surface area contributed by atoms with Gasteiger partial charge in [0.25, 0.3) is 0 Å². The first-order chi connectivity index (χ1) is 8.84. The number of hydrogen-bond acceptors (Lipinski definition) is 2. The number of hydrogen-bond donors (Lipinski definition) is 4. The first-order valence-corrected chi connectivity index (χ1v) is 6.25. The van der Waals surface area contributed by atoms with Crippen LogP contribution in [0, 0.1) is 11.8 Å². The van der Waals surface area contributed by atoms with E-state index in [1.807, 2.05) is 26.0 Å². The lowest BCUT2D eigenvalue weighted by Crippen LogP contribution is -1.81. The van der Waals surface area contributed by atoms with Gasteiger partial charge in [-0.1, -0.05) is 53.7 Å². The van der Waals surface area contributed by atoms with Crippen molar-refractivity contribution in [3.8, 4) is 0 Å². The highest BCUT2D eigenvalue weighted by Crippen LogP contribution is 1.81. The average Bonchev–Trinajstić information content (AvgIpc) is 2.13. The van der Waals surface area contributed by atoms with Gasteiger partial charge in [-0.2, -0.15) is 0 Å². The van der Waals surface area contributed by atoms with E-state index in [9.17, 15) is 0 Å². The van der Waals surface area contributed by atoms with Gasteiger partial charge in [-0.15, -0.1) is 0 Å². The molecule has 124 valence electrons. The molecule has 0 unspecified atom stereocenters. The van der Waals surface area contributed by atoms with E-state index in [-0.39, 0.29) is 0 Å². The second-order valence-electron chi connectivity index (χ2n) is 4.70. The van der Waals surface area contributed by atoms with Crippen molar-refractivity contribution in [1.29, 1.82) is 0 Å². The quantitative estimate of drug-likeness (QED) is 0.448. The molecule has 6 heteroatoms. The van der Waals surface area contributed by atoms with Crippen molar-refractivity contribution in [3.05, 3.63) is 12.2 Å². The fourth-order valence-electron chi connectivity index (χ4n) is 0. The second-order valence-corrected chi connectivity index (χ2v) is 4.70. The molecule has 0 rings (SSSR count). The highest BCUT2D eigenvalue weighted by molar-refractivity contribution is 5.53. The maximum atomic E-state index is 8.56. The number of rotatable bonds is 0. The lowest BCUT2D eigenvalue weighted by atomic mass is 10.3. The zero-order chi connectivity index (χ0) is 17.7. The van der Waals surface area contributed by atoms with Crippen molar-refractivity contribution in [3.63, 3.8) is 0 Å². The second kappa shape index (κ2) is 30.4. The molecule has 0 atom stereocenters. The Bertz CT molecular complexity index is 174. The Morgan fingerprint density at radius 1 is 0.650 bits per heavy atom. The zero-order valence-corrected chi connectivity index (χ0v) is 13.9. The minimum absolute atomic E-state index is 0.833. The number of carbonyl (C=O) groups is 2. The lowest BCUT2D eigenvalue weighted by Gasteiger charge is -1.79. The molecule has 0 aromatic rings. The van der Waals surface area contributed by atoms with Gasteiger partial charge in [-0.25, -0.2) is 9.59 Å². The molecule has 0 radical (unpaired) electrons. The molecular weight excluding hydrogens is 264 g/mol. The largest absolute Gasteiger partial charge is 0.503 e. The van der Waals surface area contributed by atoms with Crippen LogP contribution < -0.4 is 0 Å². The Balaban J connectivity index is -0.0000000469. The predicted octanol–water partition coefficient (Wildman–Crippen LogP) is 5.35. The van der Waals surface area contributed by atoms with E-state index in [0.717, 1.165) is 11.8 Å². The molecule has 0 bridgehead atoms. The zero-order valence-electron chi connectivity index (χ0n) is 13.9. The van der Waals surface area contributed by atoms with E-state index in [2.05, 4.69) is 41.5 Å². The van der Waals surface area contributed by atoms with Crippen molar-refractivity contribution in [2.24, 2.45) is 11.8 Å². The third-order valence-corrected chi connectivity index (χ3v) is 0.333. The number of allylic oxidation sites excluding steroid dienone is 2. The van der Waals surface area contributed by atoms with Gasteiger partial charge in [-0.3, -0.25) is 0 Å². The van der Waals surface area contributed by atoms with Gasteiger partial charge in [0.2, 0.25) is 0 Å². The Labute approximate surface area is 122 Å². The third-order valence-electron chi connectivity index (χ3n) is 0.333. The van der Waals surface area contributed by atoms with Crippen LogP contribution in [0.15, 0.2) is 12.2 Å². The van der Waals surface area contributed by atoms with Gasteiger partial charge >= 0.3 is 12.3 Å². The SMILES string of the molecule is CC(C)C.CC(C)C.CC=CC.O=C(O)O.O=C(O)O. The lowest BCUT2D eigenvalue weighted by molar-refractivity contribution is 0.135. The van der Waals surface area contributed by atoms with E-state index >= 15 is 0 Å². The summed E-state index contributed by atoms with van der Waals surface area (Å²) in [6, 6.07) is 0. The van der Waals surface area contributed by atoms with Crippen LogP contribution in [0.1, 0.15) is 55.4 Å². The predicted molar refractivity (Wildman–Crippen MR) is 82.8 cm³/mol. The van der Waals surface area contributed by atoms with E-state index in [1.54, 1.807) is 0 Å². The summed E-state index contributed by atoms with van der Waals surface area (Å²) in [5, 5.41) is 27.9. The minimum atomic E-state index is -1.83. The van der Waals surface area contributed by atoms with E-state index in [0.29, 0.717) is 0 Å². The molecule has 0 saturated heterocycles. The summed E-state index contributed by atoms with van der Waals surface area (Å²) < 4.78 is 0. The van der Waals surface area contributed by atoms with Crippen LogP contribution in [0.3, 0.4) is 0 Å². The molecular formula is C14H32O6. The van der Waals surface area contributed by atoms with Gasteiger partial charge < -0.3 is 20.4 Å². The van der Waals surface area contributed by atoms with Gasteiger partial charge in [0.15, 0.2) is 0 Å². The smallest absolute Gasteiger partial charge is 0.450 e. The standard InChI is InChI=1S/2C4H10.C4H8.2CH2O3/c2*1-4(2)3;1-3-4-2;2*2-1(3)4/h2*4H,1-3H3;3-4H,1-2H3;2*(H2,2,3,4). The Hall–Kier alpha value is -1.72. The molecule has 0 amide bonds. The maximum absolute atomic E-state index is 8.56. The molecule has 0 spiro atoms. The average molecular weight is 296 g/mol. The van der Waals surface area contributed by atoms with Crippen molar-refractivity contribution >= 4 is 12.3 Å². The van der Waals surface area contributed by atoms with Crippen molar-refractivity contribution in [2.75, 3.05) is 0 Å². The Morgan fingerprint density at radius 2 is 0.700 bits per heavy atom. The molecule has 4 N–H and O–H groups in total. The molecule has 0 aromatic heterocycles. The van der Waals surface area contributed by atoms with E-state index < -0.39 is 12.3 Å². The first-order valence-electron chi connectivity index (χ1n) is 6.25. The summed E-state index contributed by atoms with van der Waals surface area (Å²) in [6.45, 7) is 17.0. The van der Waals surface area contributed by atoms with E-state index in [1.165, 1.54) is 0 Å². The van der Waals surface area contributed by atoms with Gasteiger partial charge in [0.1, 0.15) is 0 Å². The highest BCUT2D eigenvalue weighted by Gasteiger charge is 1.70. The van der Waals surface area contributed by atoms with Crippen molar-refractivity contribution < 1.29 is 30.0 Å². The molecule has 0 heterocycles. The fourth-order valence-corrected chi connectivity index (χ4v) is 0. The molecule has 0 saturated carbocycles. The molecule has 0 aliphatic heterocycles. The summed E-state index contributed by atoms with van der Waals surface area (Å²) in [5.41, 5.74) is 0. The highest BCUT2D eigenvalue weighted by atomic mass is 16.6. The molecule has 20 heavy (non-hydrogen) atoms. The summed E-state index contributed by atoms with van der Waals surface area (Å²) in [5.74, 6) is 1.67. The fraction of sp³-hybridized carbons (Fsp3) is 0.714. The summed E-state index contributed by atoms with van der Waals surface area (Å²) >= 11 is 0. The molecule has 6 nitrogen and oxygen atoms in total. The topological polar surface area (TPSA) is 115 Å². The molecule has 0 aromatic carbocycles. The summed E-state index contributed by atoms with van der Waals surface area (Å²) in [6.07, 6.45) is 0.333. The van der Waals surface area contributed by atoms with Crippen molar-refractivity contribution in [2.45, 2.75) is 55.4 Å². The van der Waals surface area contributed by atoms with Crippen LogP contribution >= 0.6 is 0 Å². The normalized spacial score (nSPS) is 7.90. The van der Waals surface area contributed by atoms with Crippen LogP contribution in [0.25, 0.3) is 0 Å². The molecule has 0 aliphatic rings. The van der Waals surface area contributed by atoms with Crippen LogP contribution in [0.2, 0.25) is 0 Å². The van der Waals surface area contributed by atoms with Crippen LogP contribution in [-0.2, 0) is 0 Å². The van der Waals surface area contributed by atoms with E-state index in [4.69, 9.17) is 30.0 Å². The Morgan fingerprint density at radius 3 is 0.700 bits per heavy atom. The monoisotopic (exact) mass is 296 g/mol. The number of carboxylic acid groups (broad SMARTS) is 4. The molecule has 0 fully saturated rings.